The SMILES string of the molecule is Cc1ccc([C@@H]2CCCN2S(=O)(=O)CC[C@H]2CCCO2)s1. The van der Waals surface area contributed by atoms with Crippen molar-refractivity contribution in [3.8, 4) is 0 Å². The van der Waals surface area contributed by atoms with E-state index in [0.29, 0.717) is 13.0 Å². The van der Waals surface area contributed by atoms with Crippen molar-refractivity contribution in [1.82, 2.24) is 4.31 Å². The van der Waals surface area contributed by atoms with E-state index in [2.05, 4.69) is 19.1 Å². The number of sulfonamides is 1. The lowest BCUT2D eigenvalue weighted by Gasteiger charge is -2.24. The Hall–Kier alpha value is -0.430. The van der Waals surface area contributed by atoms with E-state index in [1.54, 1.807) is 15.6 Å². The summed E-state index contributed by atoms with van der Waals surface area (Å²) >= 11 is 1.72. The molecule has 2 atom stereocenters. The summed E-state index contributed by atoms with van der Waals surface area (Å²) in [4.78, 5) is 2.43. The highest BCUT2D eigenvalue weighted by Crippen LogP contribution is 2.38. The molecule has 2 aliphatic rings. The Kier molecular flexibility index (Phi) is 4.69. The third kappa shape index (κ3) is 3.50. The molecule has 3 rings (SSSR count). The van der Waals surface area contributed by atoms with Crippen LogP contribution in [0.25, 0.3) is 0 Å². The van der Waals surface area contributed by atoms with Crippen molar-refractivity contribution in [3.63, 3.8) is 0 Å². The average molecular weight is 329 g/mol. The number of ether oxygens (including phenoxy) is 1. The molecular formula is C15H23NO3S2. The van der Waals surface area contributed by atoms with Crippen molar-refractivity contribution < 1.29 is 13.2 Å². The van der Waals surface area contributed by atoms with Crippen LogP contribution in [0.15, 0.2) is 12.1 Å². The molecule has 1 aromatic rings. The molecule has 2 aliphatic heterocycles. The summed E-state index contributed by atoms with van der Waals surface area (Å²) in [6.07, 6.45) is 4.74. The molecule has 0 aliphatic carbocycles. The van der Waals surface area contributed by atoms with E-state index in [1.165, 1.54) is 9.75 Å². The second kappa shape index (κ2) is 6.36. The lowest BCUT2D eigenvalue weighted by atomic mass is 10.2. The molecule has 0 unspecified atom stereocenters. The van der Waals surface area contributed by atoms with Crippen LogP contribution >= 0.6 is 11.3 Å². The minimum Gasteiger partial charge on any atom is -0.378 e. The number of aryl methyl sites for hydroxylation is 1. The lowest BCUT2D eigenvalue weighted by molar-refractivity contribution is 0.108. The number of hydrogen-bond acceptors (Lipinski definition) is 4. The van der Waals surface area contributed by atoms with Gasteiger partial charge in [0.2, 0.25) is 10.0 Å². The topological polar surface area (TPSA) is 46.6 Å². The molecule has 0 aromatic carbocycles. The first-order valence-electron chi connectivity index (χ1n) is 7.74. The maximum atomic E-state index is 12.7. The minimum atomic E-state index is -3.18. The lowest BCUT2D eigenvalue weighted by Crippen LogP contribution is -2.33. The summed E-state index contributed by atoms with van der Waals surface area (Å²) in [6.45, 7) is 3.51. The van der Waals surface area contributed by atoms with Crippen LogP contribution in [-0.2, 0) is 14.8 Å². The molecule has 0 saturated carbocycles. The van der Waals surface area contributed by atoms with Crippen LogP contribution in [0.2, 0.25) is 0 Å². The number of nitrogens with zero attached hydrogens (tertiary/aromatic N) is 1. The van der Waals surface area contributed by atoms with Gasteiger partial charge in [0.1, 0.15) is 0 Å². The van der Waals surface area contributed by atoms with Crippen molar-refractivity contribution in [2.24, 2.45) is 0 Å². The minimum absolute atomic E-state index is 0.0539. The Bertz CT molecular complexity index is 575. The molecule has 0 radical (unpaired) electrons. The summed E-state index contributed by atoms with van der Waals surface area (Å²) in [7, 11) is -3.18. The van der Waals surface area contributed by atoms with Gasteiger partial charge in [-0.3, -0.25) is 0 Å². The molecule has 1 aromatic heterocycles. The highest BCUT2D eigenvalue weighted by molar-refractivity contribution is 7.89. The molecule has 21 heavy (non-hydrogen) atoms. The van der Waals surface area contributed by atoms with E-state index < -0.39 is 10.0 Å². The number of thiophene rings is 1. The molecule has 118 valence electrons. The van der Waals surface area contributed by atoms with Gasteiger partial charge in [0, 0.05) is 22.9 Å². The fourth-order valence-corrected chi connectivity index (χ4v) is 6.16. The number of rotatable bonds is 5. The Labute approximate surface area is 131 Å². The molecular weight excluding hydrogens is 306 g/mol. The summed E-state index contributed by atoms with van der Waals surface area (Å²) < 4.78 is 32.6. The van der Waals surface area contributed by atoms with Gasteiger partial charge >= 0.3 is 0 Å². The maximum Gasteiger partial charge on any atom is 0.214 e. The van der Waals surface area contributed by atoms with Gasteiger partial charge in [-0.05, 0) is 51.2 Å². The molecule has 0 amide bonds. The van der Waals surface area contributed by atoms with E-state index >= 15 is 0 Å². The van der Waals surface area contributed by atoms with E-state index in [-0.39, 0.29) is 17.9 Å². The third-order valence-corrected chi connectivity index (χ3v) is 7.38. The maximum absolute atomic E-state index is 12.7. The Morgan fingerprint density at radius 1 is 1.33 bits per heavy atom. The Morgan fingerprint density at radius 3 is 2.86 bits per heavy atom. The first-order valence-corrected chi connectivity index (χ1v) is 10.2. The second-order valence-electron chi connectivity index (χ2n) is 5.96. The van der Waals surface area contributed by atoms with Crippen LogP contribution in [0.3, 0.4) is 0 Å². The van der Waals surface area contributed by atoms with E-state index in [4.69, 9.17) is 4.74 Å². The average Bonchev–Trinajstić information content (AvgIpc) is 3.17. The highest BCUT2D eigenvalue weighted by Gasteiger charge is 2.36. The van der Waals surface area contributed by atoms with Gasteiger partial charge in [0.15, 0.2) is 0 Å². The Balaban J connectivity index is 1.68. The fraction of sp³-hybridized carbons (Fsp3) is 0.733. The zero-order valence-electron chi connectivity index (χ0n) is 12.5. The van der Waals surface area contributed by atoms with Crippen molar-refractivity contribution in [3.05, 3.63) is 21.9 Å². The quantitative estimate of drug-likeness (QED) is 0.834. The highest BCUT2D eigenvalue weighted by atomic mass is 32.2. The van der Waals surface area contributed by atoms with Crippen LogP contribution in [0.1, 0.15) is 47.9 Å². The molecule has 2 fully saturated rings. The van der Waals surface area contributed by atoms with E-state index in [0.717, 1.165) is 32.3 Å². The summed E-state index contributed by atoms with van der Waals surface area (Å²) in [5.41, 5.74) is 0. The predicted molar refractivity (Wildman–Crippen MR) is 85.1 cm³/mol. The first kappa shape index (κ1) is 15.5. The zero-order chi connectivity index (χ0) is 14.9. The zero-order valence-corrected chi connectivity index (χ0v) is 14.1. The van der Waals surface area contributed by atoms with Gasteiger partial charge in [-0.1, -0.05) is 0 Å². The Morgan fingerprint density at radius 2 is 2.19 bits per heavy atom. The summed E-state index contributed by atoms with van der Waals surface area (Å²) in [5.74, 6) is 0.221. The van der Waals surface area contributed by atoms with Gasteiger partial charge in [-0.2, -0.15) is 4.31 Å². The first-order chi connectivity index (χ1) is 10.1. The monoisotopic (exact) mass is 329 g/mol. The van der Waals surface area contributed by atoms with Gasteiger partial charge in [-0.15, -0.1) is 11.3 Å². The molecule has 0 N–H and O–H groups in total. The van der Waals surface area contributed by atoms with Crippen molar-refractivity contribution in [2.45, 2.75) is 51.2 Å². The van der Waals surface area contributed by atoms with Crippen LogP contribution in [0.4, 0.5) is 0 Å². The van der Waals surface area contributed by atoms with Crippen LogP contribution in [-0.4, -0.2) is 37.7 Å². The van der Waals surface area contributed by atoms with Gasteiger partial charge < -0.3 is 4.74 Å². The summed E-state index contributed by atoms with van der Waals surface area (Å²) in [5, 5.41) is 0. The van der Waals surface area contributed by atoms with Crippen LogP contribution < -0.4 is 0 Å². The van der Waals surface area contributed by atoms with Crippen LogP contribution in [0, 0.1) is 6.92 Å². The molecule has 4 nitrogen and oxygen atoms in total. The largest absolute Gasteiger partial charge is 0.378 e. The predicted octanol–water partition coefficient (Wildman–Crippen LogP) is 3.09. The van der Waals surface area contributed by atoms with Crippen LogP contribution in [0.5, 0.6) is 0 Å². The van der Waals surface area contributed by atoms with Crippen molar-refractivity contribution in [1.29, 1.82) is 0 Å². The van der Waals surface area contributed by atoms with E-state index in [1.807, 2.05) is 0 Å². The molecule has 2 saturated heterocycles. The third-order valence-electron chi connectivity index (χ3n) is 4.37. The number of hydrogen-bond donors (Lipinski definition) is 0. The van der Waals surface area contributed by atoms with Gasteiger partial charge in [-0.25, -0.2) is 8.42 Å². The fourth-order valence-electron chi connectivity index (χ4n) is 3.26. The van der Waals surface area contributed by atoms with Gasteiger partial charge in [0.05, 0.1) is 17.9 Å². The smallest absolute Gasteiger partial charge is 0.214 e. The molecule has 3 heterocycles. The molecule has 6 heteroatoms. The molecule has 0 spiro atoms. The van der Waals surface area contributed by atoms with Gasteiger partial charge in [0.25, 0.3) is 0 Å². The summed E-state index contributed by atoms with van der Waals surface area (Å²) in [6, 6.07) is 4.21. The second-order valence-corrected chi connectivity index (χ2v) is 9.32. The van der Waals surface area contributed by atoms with E-state index in [9.17, 15) is 8.42 Å². The standard InChI is InChI=1S/C15H23NO3S2/c1-12-6-7-15(20-12)14-5-2-9-16(14)21(17,18)11-8-13-4-3-10-19-13/h6-7,13-14H,2-5,8-11H2,1H3/t13-,14+/m1/s1. The molecule has 0 bridgehead atoms. The van der Waals surface area contributed by atoms with Crippen molar-refractivity contribution in [2.75, 3.05) is 18.9 Å². The normalized spacial score (nSPS) is 27.5. The van der Waals surface area contributed by atoms with Crippen molar-refractivity contribution >= 4 is 21.4 Å².